The van der Waals surface area contributed by atoms with Crippen molar-refractivity contribution in [2.75, 3.05) is 6.61 Å². The molecule has 0 fully saturated rings. The largest absolute Gasteiger partial charge is 0.396 e. The van der Waals surface area contributed by atoms with Crippen LogP contribution in [0.3, 0.4) is 0 Å². The van der Waals surface area contributed by atoms with Crippen molar-refractivity contribution in [1.82, 2.24) is 0 Å². The minimum atomic E-state index is 0.222. The van der Waals surface area contributed by atoms with E-state index in [4.69, 9.17) is 5.11 Å². The highest BCUT2D eigenvalue weighted by atomic mass is 79.9. The second-order valence-electron chi connectivity index (χ2n) is 0.963. The lowest BCUT2D eigenvalue weighted by atomic mass is 10.1. The second-order valence-corrected chi connectivity index (χ2v) is 2.53. The summed E-state index contributed by atoms with van der Waals surface area (Å²) in [5.41, 5.74) is 0. The van der Waals surface area contributed by atoms with Crippen LogP contribution in [-0.2, 0) is 0 Å². The number of hydrogen-bond donors (Lipinski definition) is 1. The van der Waals surface area contributed by atoms with Gasteiger partial charge in [0.25, 0.3) is 0 Å². The first-order valence-electron chi connectivity index (χ1n) is 1.52. The lowest BCUT2D eigenvalue weighted by Crippen LogP contribution is -2.00. The summed E-state index contributed by atoms with van der Waals surface area (Å²) in [6, 6.07) is 0. The highest BCUT2D eigenvalue weighted by Crippen LogP contribution is 1.86. The van der Waals surface area contributed by atoms with Crippen LogP contribution >= 0.6 is 15.9 Å². The number of halogens is 1. The molecule has 1 N–H and O–H groups in total. The SMILES string of the molecule is B[C@H](Br)CO. The Balaban J connectivity index is 2.54. The number of alkyl halides is 1. The smallest absolute Gasteiger partial charge is 0.122 e. The Hall–Kier alpha value is 0.505. The molecular formula is C2H6BBrO. The summed E-state index contributed by atoms with van der Waals surface area (Å²) in [6.07, 6.45) is 0. The highest BCUT2D eigenvalue weighted by molar-refractivity contribution is 9.10. The molecule has 0 saturated carbocycles. The van der Waals surface area contributed by atoms with Crippen molar-refractivity contribution >= 4 is 23.8 Å². The summed E-state index contributed by atoms with van der Waals surface area (Å²) in [4.78, 5) is 0. The molecule has 0 spiro atoms. The predicted molar refractivity (Wildman–Crippen MR) is 28.3 cm³/mol. The van der Waals surface area contributed by atoms with Crippen LogP contribution in [0.2, 0.25) is 0 Å². The third-order valence-corrected chi connectivity index (χ3v) is 0.541. The minimum absolute atomic E-state index is 0.222. The first-order valence-corrected chi connectivity index (χ1v) is 2.44. The maximum Gasteiger partial charge on any atom is 0.122 e. The van der Waals surface area contributed by atoms with Crippen LogP contribution in [0.25, 0.3) is 0 Å². The highest BCUT2D eigenvalue weighted by Gasteiger charge is 1.85. The Labute approximate surface area is 40.9 Å². The fraction of sp³-hybridized carbons (Fsp3) is 1.00. The van der Waals surface area contributed by atoms with E-state index in [0.717, 1.165) is 0 Å². The van der Waals surface area contributed by atoms with Gasteiger partial charge in [-0.15, -0.1) is 0 Å². The van der Waals surface area contributed by atoms with Gasteiger partial charge in [-0.25, -0.2) is 0 Å². The topological polar surface area (TPSA) is 20.2 Å². The van der Waals surface area contributed by atoms with E-state index in [2.05, 4.69) is 15.9 Å². The van der Waals surface area contributed by atoms with Crippen molar-refractivity contribution in [3.05, 3.63) is 0 Å². The van der Waals surface area contributed by atoms with Gasteiger partial charge in [-0.2, -0.15) is 0 Å². The van der Waals surface area contributed by atoms with Crippen LogP contribution < -0.4 is 0 Å². The molecule has 0 aromatic heterocycles. The molecule has 0 saturated heterocycles. The average molecular weight is 137 g/mol. The van der Waals surface area contributed by atoms with Crippen LogP contribution in [0, 0.1) is 0 Å². The molecular weight excluding hydrogens is 131 g/mol. The third-order valence-electron chi connectivity index (χ3n) is 0.252. The molecule has 0 amide bonds. The van der Waals surface area contributed by atoms with E-state index in [-0.39, 0.29) is 11.3 Å². The van der Waals surface area contributed by atoms with Gasteiger partial charge in [0.1, 0.15) is 7.85 Å². The molecule has 0 aromatic rings. The summed E-state index contributed by atoms with van der Waals surface area (Å²) in [6.45, 7) is 0.222. The molecule has 0 aliphatic heterocycles. The predicted octanol–water partition coefficient (Wildman–Crippen LogP) is -0.667. The summed E-state index contributed by atoms with van der Waals surface area (Å²) in [5, 5.41) is 8.10. The van der Waals surface area contributed by atoms with Crippen molar-refractivity contribution < 1.29 is 5.11 Å². The van der Waals surface area contributed by atoms with Gasteiger partial charge in [0.2, 0.25) is 0 Å². The van der Waals surface area contributed by atoms with E-state index in [1.165, 1.54) is 0 Å². The first-order chi connectivity index (χ1) is 2.27. The molecule has 0 radical (unpaired) electrons. The lowest BCUT2D eigenvalue weighted by molar-refractivity contribution is 0.315. The normalized spacial score (nSPS) is 14.8. The van der Waals surface area contributed by atoms with Gasteiger partial charge in [-0.3, -0.25) is 0 Å². The van der Waals surface area contributed by atoms with Gasteiger partial charge in [-0.1, -0.05) is 15.9 Å². The molecule has 0 heterocycles. The molecule has 0 aromatic carbocycles. The van der Waals surface area contributed by atoms with Gasteiger partial charge in [0, 0.05) is 11.3 Å². The molecule has 30 valence electrons. The minimum Gasteiger partial charge on any atom is -0.396 e. The van der Waals surface area contributed by atoms with E-state index in [1.807, 2.05) is 7.85 Å². The summed E-state index contributed by atoms with van der Waals surface area (Å²) < 4.78 is 0.252. The van der Waals surface area contributed by atoms with Crippen molar-refractivity contribution in [2.24, 2.45) is 0 Å². The van der Waals surface area contributed by atoms with E-state index in [9.17, 15) is 0 Å². The van der Waals surface area contributed by atoms with Crippen LogP contribution in [0.1, 0.15) is 0 Å². The fourth-order valence-electron chi connectivity index (χ4n) is 0. The van der Waals surface area contributed by atoms with Gasteiger partial charge in [0.05, 0.1) is 0 Å². The molecule has 1 nitrogen and oxygen atoms in total. The molecule has 0 unspecified atom stereocenters. The van der Waals surface area contributed by atoms with E-state index >= 15 is 0 Å². The molecule has 3 heteroatoms. The van der Waals surface area contributed by atoms with E-state index in [1.54, 1.807) is 0 Å². The summed E-state index contributed by atoms with van der Waals surface area (Å²) in [5.74, 6) is 0. The van der Waals surface area contributed by atoms with Gasteiger partial charge >= 0.3 is 0 Å². The zero-order valence-corrected chi connectivity index (χ0v) is 4.70. The number of aliphatic hydroxyl groups excluding tert-OH is 1. The Kier molecular flexibility index (Phi) is 3.00. The van der Waals surface area contributed by atoms with Crippen LogP contribution in [0.5, 0.6) is 0 Å². The van der Waals surface area contributed by atoms with Crippen LogP contribution in [-0.4, -0.2) is 24.3 Å². The Bertz CT molecular complexity index is 23.6. The lowest BCUT2D eigenvalue weighted by Gasteiger charge is -1.87. The first kappa shape index (κ1) is 5.50. The van der Waals surface area contributed by atoms with Gasteiger partial charge in [0.15, 0.2) is 0 Å². The Morgan fingerprint density at radius 2 is 2.20 bits per heavy atom. The van der Waals surface area contributed by atoms with Crippen LogP contribution in [0.15, 0.2) is 0 Å². The number of aliphatic hydroxyl groups is 1. The average Bonchev–Trinajstić information content (AvgIpc) is 1.38. The maximum atomic E-state index is 8.10. The third kappa shape index (κ3) is 4.50. The molecule has 5 heavy (non-hydrogen) atoms. The van der Waals surface area contributed by atoms with E-state index < -0.39 is 0 Å². The van der Waals surface area contributed by atoms with E-state index in [0.29, 0.717) is 0 Å². The van der Waals surface area contributed by atoms with Gasteiger partial charge < -0.3 is 5.11 Å². The monoisotopic (exact) mass is 136 g/mol. The summed E-state index contributed by atoms with van der Waals surface area (Å²) in [7, 11) is 1.89. The Morgan fingerprint density at radius 3 is 2.20 bits per heavy atom. The van der Waals surface area contributed by atoms with Gasteiger partial charge in [-0.05, 0) is 0 Å². The fourth-order valence-corrected chi connectivity index (χ4v) is 0. The van der Waals surface area contributed by atoms with Crippen molar-refractivity contribution in [1.29, 1.82) is 0 Å². The zero-order valence-electron chi connectivity index (χ0n) is 3.11. The quantitative estimate of drug-likeness (QED) is 0.375. The number of rotatable bonds is 1. The van der Waals surface area contributed by atoms with Crippen molar-refractivity contribution in [2.45, 2.75) is 4.73 Å². The molecule has 0 rings (SSSR count). The maximum absolute atomic E-state index is 8.10. The second kappa shape index (κ2) is 2.73. The molecule has 0 bridgehead atoms. The molecule has 0 aliphatic carbocycles. The van der Waals surface area contributed by atoms with Crippen LogP contribution in [0.4, 0.5) is 0 Å². The zero-order chi connectivity index (χ0) is 4.28. The standard InChI is InChI=1S/C2H6BBrO/c3-2(4)1-5/h2,5H,1,3H2/t2-/m1/s1. The van der Waals surface area contributed by atoms with Crippen molar-refractivity contribution in [3.63, 3.8) is 0 Å². The Morgan fingerprint density at radius 1 is 2.00 bits per heavy atom. The number of hydrogen-bond acceptors (Lipinski definition) is 1. The molecule has 1 atom stereocenters. The molecule has 0 aliphatic rings. The summed E-state index contributed by atoms with van der Waals surface area (Å²) >= 11 is 3.12. The van der Waals surface area contributed by atoms with Crippen molar-refractivity contribution in [3.8, 4) is 0 Å².